The Morgan fingerprint density at radius 1 is 0.419 bits per heavy atom. The normalized spacial score (nSPS) is 11.3. The minimum atomic E-state index is 0.715. The van der Waals surface area contributed by atoms with Gasteiger partial charge in [0.2, 0.25) is 0 Å². The van der Waals surface area contributed by atoms with Crippen LogP contribution in [0.1, 0.15) is 0 Å². The second-order valence-corrected chi connectivity index (χ2v) is 10.3. The Hall–Kier alpha value is -5.94. The molecule has 43 heavy (non-hydrogen) atoms. The number of hydrogen-bond acceptors (Lipinski definition) is 5. The van der Waals surface area contributed by atoms with E-state index < -0.39 is 0 Å². The molecule has 0 radical (unpaired) electrons. The van der Waals surface area contributed by atoms with Crippen molar-refractivity contribution in [2.24, 2.45) is 0 Å². The Morgan fingerprint density at radius 3 is 1.84 bits per heavy atom. The van der Waals surface area contributed by atoms with Crippen LogP contribution in [0.4, 0.5) is 0 Å². The van der Waals surface area contributed by atoms with Crippen molar-refractivity contribution in [1.29, 1.82) is 0 Å². The molecule has 5 nitrogen and oxygen atoms in total. The Balaban J connectivity index is 1.49. The highest BCUT2D eigenvalue weighted by Crippen LogP contribution is 2.46. The molecule has 5 heteroatoms. The Bertz CT molecular complexity index is 2230. The summed E-state index contributed by atoms with van der Waals surface area (Å²) in [5.41, 5.74) is 10.8. The summed E-state index contributed by atoms with van der Waals surface area (Å²) in [5, 5.41) is 15.6. The van der Waals surface area contributed by atoms with Crippen LogP contribution in [-0.4, -0.2) is 20.4 Å². The van der Waals surface area contributed by atoms with Gasteiger partial charge >= 0.3 is 0 Å². The molecular formula is C38H24N4O. The molecule has 0 N–H and O–H groups in total. The van der Waals surface area contributed by atoms with Gasteiger partial charge in [0.1, 0.15) is 22.6 Å². The monoisotopic (exact) mass is 552 g/mol. The van der Waals surface area contributed by atoms with E-state index >= 15 is 0 Å². The number of furan rings is 1. The van der Waals surface area contributed by atoms with E-state index in [0.717, 1.165) is 72.3 Å². The summed E-state index contributed by atoms with van der Waals surface area (Å²) >= 11 is 0. The van der Waals surface area contributed by atoms with E-state index in [0.29, 0.717) is 5.69 Å². The van der Waals surface area contributed by atoms with Crippen LogP contribution in [0.25, 0.3) is 78.0 Å². The van der Waals surface area contributed by atoms with Gasteiger partial charge in [-0.15, -0.1) is 10.2 Å². The molecule has 0 saturated carbocycles. The molecule has 0 aliphatic rings. The molecule has 0 saturated heterocycles. The van der Waals surface area contributed by atoms with Gasteiger partial charge in [0.05, 0.1) is 5.69 Å². The van der Waals surface area contributed by atoms with Crippen molar-refractivity contribution in [3.05, 3.63) is 146 Å². The highest BCUT2D eigenvalue weighted by molar-refractivity contribution is 6.17. The molecule has 3 heterocycles. The zero-order valence-corrected chi connectivity index (χ0v) is 23.1. The average Bonchev–Trinajstić information content (AvgIpc) is 3.47. The lowest BCUT2D eigenvalue weighted by Crippen LogP contribution is -2.02. The first-order valence-electron chi connectivity index (χ1n) is 14.2. The summed E-state index contributed by atoms with van der Waals surface area (Å²) in [6, 6.07) is 47.2. The molecule has 202 valence electrons. The number of nitrogens with zero attached hydrogens (tertiary/aromatic N) is 4. The maximum Gasteiger partial charge on any atom is 0.136 e. The van der Waals surface area contributed by atoms with Crippen molar-refractivity contribution in [2.75, 3.05) is 0 Å². The van der Waals surface area contributed by atoms with Crippen LogP contribution in [0.3, 0.4) is 0 Å². The second kappa shape index (κ2) is 10.5. The Kier molecular flexibility index (Phi) is 6.05. The fourth-order valence-corrected chi connectivity index (χ4v) is 5.91. The maximum absolute atomic E-state index is 6.36. The van der Waals surface area contributed by atoms with Crippen LogP contribution in [-0.2, 0) is 0 Å². The van der Waals surface area contributed by atoms with Crippen LogP contribution in [0.5, 0.6) is 0 Å². The molecule has 0 amide bonds. The highest BCUT2D eigenvalue weighted by atomic mass is 16.3. The van der Waals surface area contributed by atoms with Crippen molar-refractivity contribution >= 4 is 21.9 Å². The van der Waals surface area contributed by atoms with Crippen molar-refractivity contribution < 1.29 is 4.42 Å². The van der Waals surface area contributed by atoms with Crippen LogP contribution < -0.4 is 0 Å². The van der Waals surface area contributed by atoms with Crippen molar-refractivity contribution in [1.82, 2.24) is 20.4 Å². The third-order valence-corrected chi connectivity index (χ3v) is 7.80. The SMILES string of the molecule is c1ccc(-c2ccc3oc4ccccc4c3c2-c2ncccc2-c2nnnc(-c3ccccc3)c2-c2ccccc2)cc1. The maximum atomic E-state index is 6.36. The number of fused-ring (bicyclic) bond motifs is 3. The first kappa shape index (κ1) is 24.8. The van der Waals surface area contributed by atoms with Crippen LogP contribution in [0.15, 0.2) is 150 Å². The van der Waals surface area contributed by atoms with E-state index in [4.69, 9.17) is 14.5 Å². The summed E-state index contributed by atoms with van der Waals surface area (Å²) in [6.45, 7) is 0. The first-order chi connectivity index (χ1) is 21.4. The fraction of sp³-hybridized carbons (Fsp3) is 0. The van der Waals surface area contributed by atoms with Crippen molar-refractivity contribution in [3.8, 4) is 56.0 Å². The molecule has 0 fully saturated rings. The van der Waals surface area contributed by atoms with Gasteiger partial charge in [0.15, 0.2) is 0 Å². The van der Waals surface area contributed by atoms with Crippen molar-refractivity contribution in [3.63, 3.8) is 0 Å². The summed E-state index contributed by atoms with van der Waals surface area (Å²) < 4.78 is 6.36. The molecule has 0 atom stereocenters. The lowest BCUT2D eigenvalue weighted by molar-refractivity contribution is 0.669. The molecule has 5 aromatic carbocycles. The Morgan fingerprint density at radius 2 is 1.07 bits per heavy atom. The third kappa shape index (κ3) is 4.26. The smallest absolute Gasteiger partial charge is 0.136 e. The van der Waals surface area contributed by atoms with Crippen molar-refractivity contribution in [2.45, 2.75) is 0 Å². The number of benzene rings is 5. The molecule has 0 aliphatic heterocycles. The predicted molar refractivity (Wildman–Crippen MR) is 172 cm³/mol. The predicted octanol–water partition coefficient (Wildman–Crippen LogP) is 9.50. The first-order valence-corrected chi connectivity index (χ1v) is 14.2. The standard InChI is InChI=1S/C38H24N4O/c1-4-13-25(14-5-1)28-22-23-32-34(29-19-10-11-21-31(29)43-32)35(28)37-30(20-12-24-39-37)38-33(26-15-6-2-7-16-26)36(40-42-41-38)27-17-8-3-9-18-27/h1-24H. The molecule has 8 aromatic rings. The topological polar surface area (TPSA) is 64.7 Å². The minimum Gasteiger partial charge on any atom is -0.456 e. The van der Waals surface area contributed by atoms with E-state index in [1.54, 1.807) is 0 Å². The van der Waals surface area contributed by atoms with Gasteiger partial charge in [-0.1, -0.05) is 109 Å². The zero-order valence-electron chi connectivity index (χ0n) is 23.1. The summed E-state index contributed by atoms with van der Waals surface area (Å²) in [6.07, 6.45) is 1.84. The van der Waals surface area contributed by atoms with Crippen LogP contribution in [0, 0.1) is 0 Å². The number of pyridine rings is 1. The lowest BCUT2D eigenvalue weighted by atomic mass is 9.88. The zero-order chi connectivity index (χ0) is 28.6. The quantitative estimate of drug-likeness (QED) is 0.213. The van der Waals surface area contributed by atoms with Gasteiger partial charge in [-0.25, -0.2) is 0 Å². The van der Waals surface area contributed by atoms with Crippen LogP contribution >= 0.6 is 0 Å². The summed E-state index contributed by atoms with van der Waals surface area (Å²) in [5.74, 6) is 0. The van der Waals surface area contributed by atoms with E-state index in [9.17, 15) is 0 Å². The number of aromatic nitrogens is 4. The molecular weight excluding hydrogens is 528 g/mol. The molecule has 0 aliphatic carbocycles. The largest absolute Gasteiger partial charge is 0.456 e. The van der Waals surface area contributed by atoms with Gasteiger partial charge in [-0.2, -0.15) is 0 Å². The van der Waals surface area contributed by atoms with Gasteiger partial charge < -0.3 is 4.42 Å². The average molecular weight is 553 g/mol. The van der Waals surface area contributed by atoms with Gasteiger partial charge in [0, 0.05) is 39.2 Å². The van der Waals surface area contributed by atoms with E-state index in [1.807, 2.05) is 72.9 Å². The summed E-state index contributed by atoms with van der Waals surface area (Å²) in [7, 11) is 0. The van der Waals surface area contributed by atoms with E-state index in [-0.39, 0.29) is 0 Å². The summed E-state index contributed by atoms with van der Waals surface area (Å²) in [4.78, 5) is 5.06. The number of para-hydroxylation sites is 1. The van der Waals surface area contributed by atoms with Gasteiger partial charge in [-0.3, -0.25) is 4.98 Å². The van der Waals surface area contributed by atoms with Gasteiger partial charge in [-0.05, 0) is 52.2 Å². The lowest BCUT2D eigenvalue weighted by Gasteiger charge is -2.17. The Labute approximate surface area is 248 Å². The number of rotatable bonds is 5. The van der Waals surface area contributed by atoms with E-state index in [1.165, 1.54) is 0 Å². The van der Waals surface area contributed by atoms with Crippen LogP contribution in [0.2, 0.25) is 0 Å². The minimum absolute atomic E-state index is 0.715. The molecule has 3 aromatic heterocycles. The molecule has 0 unspecified atom stereocenters. The third-order valence-electron chi connectivity index (χ3n) is 7.80. The molecule has 8 rings (SSSR count). The molecule has 0 spiro atoms. The second-order valence-electron chi connectivity index (χ2n) is 10.3. The van der Waals surface area contributed by atoms with E-state index in [2.05, 4.69) is 83.1 Å². The molecule has 0 bridgehead atoms. The highest BCUT2D eigenvalue weighted by Gasteiger charge is 2.25. The number of hydrogen-bond donors (Lipinski definition) is 0. The van der Waals surface area contributed by atoms with Gasteiger partial charge in [0.25, 0.3) is 0 Å². The fourth-order valence-electron chi connectivity index (χ4n) is 5.91.